The van der Waals surface area contributed by atoms with Gasteiger partial charge >= 0.3 is 0 Å². The number of methoxy groups -OCH3 is 1. The summed E-state index contributed by atoms with van der Waals surface area (Å²) in [6.45, 7) is 2.53. The second-order valence-electron chi connectivity index (χ2n) is 9.06. The second-order valence-corrected chi connectivity index (χ2v) is 11.4. The van der Waals surface area contributed by atoms with Gasteiger partial charge in [0.05, 0.1) is 19.2 Å². The third-order valence-electron chi connectivity index (χ3n) is 6.15. The summed E-state index contributed by atoms with van der Waals surface area (Å²) in [4.78, 5) is 17.3. The Balaban J connectivity index is 1.40. The number of hydrogen-bond acceptors (Lipinski definition) is 6. The Hall–Kier alpha value is -3.66. The number of aryl methyl sites for hydroxylation is 1. The average molecular weight is 567 g/mol. The van der Waals surface area contributed by atoms with Crippen LogP contribution >= 0.6 is 11.6 Å². The molecule has 0 fully saturated rings. The highest BCUT2D eigenvalue weighted by molar-refractivity contribution is 7.89. The van der Waals surface area contributed by atoms with Crippen molar-refractivity contribution in [2.75, 3.05) is 32.1 Å². The Morgan fingerprint density at radius 3 is 2.59 bits per heavy atom. The van der Waals surface area contributed by atoms with E-state index in [-0.39, 0.29) is 29.6 Å². The van der Waals surface area contributed by atoms with Crippen LogP contribution < -0.4 is 15.4 Å². The molecule has 4 aromatic rings. The molecule has 0 radical (unpaired) electrons. The zero-order chi connectivity index (χ0) is 27.8. The second kappa shape index (κ2) is 12.9. The number of amides is 1. The number of anilines is 1. The smallest absolute Gasteiger partial charge is 0.247 e. The van der Waals surface area contributed by atoms with E-state index >= 15 is 0 Å². The summed E-state index contributed by atoms with van der Waals surface area (Å²) in [5, 5.41) is 7.79. The third-order valence-corrected chi connectivity index (χ3v) is 8.20. The highest BCUT2D eigenvalue weighted by atomic mass is 35.5. The van der Waals surface area contributed by atoms with Gasteiger partial charge < -0.3 is 15.4 Å². The highest BCUT2D eigenvalue weighted by Crippen LogP contribution is 2.29. The molecule has 0 aliphatic carbocycles. The lowest BCUT2D eigenvalue weighted by molar-refractivity contribution is -0.121. The van der Waals surface area contributed by atoms with Crippen LogP contribution in [0.1, 0.15) is 17.5 Å². The van der Waals surface area contributed by atoms with E-state index < -0.39 is 10.0 Å². The van der Waals surface area contributed by atoms with E-state index in [1.165, 1.54) is 11.4 Å². The lowest BCUT2D eigenvalue weighted by atomic mass is 10.2. The van der Waals surface area contributed by atoms with E-state index in [4.69, 9.17) is 16.3 Å². The molecule has 1 heterocycles. The molecule has 0 unspecified atom stereocenters. The van der Waals surface area contributed by atoms with Crippen LogP contribution in [0.5, 0.6) is 5.75 Å². The average Bonchev–Trinajstić information content (AvgIpc) is 2.93. The SMILES string of the molecule is COc1ccc(C)cc1S(=O)(=O)N(CC(=O)NCCCNc1ccnc2cc(Cl)ccc12)Cc1ccccc1. The van der Waals surface area contributed by atoms with Crippen LogP contribution in [0.4, 0.5) is 5.69 Å². The number of rotatable bonds is 12. The van der Waals surface area contributed by atoms with E-state index in [1.54, 1.807) is 24.4 Å². The summed E-state index contributed by atoms with van der Waals surface area (Å²) in [7, 11) is -2.61. The molecule has 10 heteroatoms. The van der Waals surface area contributed by atoms with E-state index in [1.807, 2.05) is 61.5 Å². The highest BCUT2D eigenvalue weighted by Gasteiger charge is 2.30. The van der Waals surface area contributed by atoms with Gasteiger partial charge in [0.1, 0.15) is 10.6 Å². The van der Waals surface area contributed by atoms with Crippen LogP contribution in [0, 0.1) is 6.92 Å². The summed E-state index contributed by atoms with van der Waals surface area (Å²) >= 11 is 6.06. The molecule has 0 aliphatic rings. The number of pyridine rings is 1. The molecule has 3 aromatic carbocycles. The lowest BCUT2D eigenvalue weighted by Crippen LogP contribution is -2.41. The monoisotopic (exact) mass is 566 g/mol. The molecule has 0 saturated heterocycles. The number of carbonyl (C=O) groups is 1. The van der Waals surface area contributed by atoms with E-state index in [0.717, 1.165) is 27.7 Å². The summed E-state index contributed by atoms with van der Waals surface area (Å²) in [6.07, 6.45) is 2.36. The molecule has 1 aromatic heterocycles. The van der Waals surface area contributed by atoms with Crippen LogP contribution in [-0.4, -0.2) is 50.4 Å². The topological polar surface area (TPSA) is 101 Å². The van der Waals surface area contributed by atoms with Crippen molar-refractivity contribution < 1.29 is 17.9 Å². The first kappa shape index (κ1) is 28.4. The molecule has 39 heavy (non-hydrogen) atoms. The van der Waals surface area contributed by atoms with Gasteiger partial charge in [-0.25, -0.2) is 8.42 Å². The van der Waals surface area contributed by atoms with E-state index in [0.29, 0.717) is 24.5 Å². The number of sulfonamides is 1. The molecule has 204 valence electrons. The Kier molecular flexibility index (Phi) is 9.40. The van der Waals surface area contributed by atoms with Gasteiger partial charge in [0, 0.05) is 41.9 Å². The molecule has 0 aliphatic heterocycles. The Morgan fingerprint density at radius 1 is 1.03 bits per heavy atom. The number of carbonyl (C=O) groups excluding carboxylic acids is 1. The Labute approximate surface area is 234 Å². The molecule has 0 saturated carbocycles. The maximum absolute atomic E-state index is 13.7. The molecule has 1 amide bonds. The van der Waals surface area contributed by atoms with Crippen molar-refractivity contribution in [1.82, 2.24) is 14.6 Å². The van der Waals surface area contributed by atoms with Crippen molar-refractivity contribution >= 4 is 44.1 Å². The Bertz CT molecular complexity index is 1550. The molecular weight excluding hydrogens is 536 g/mol. The number of fused-ring (bicyclic) bond motifs is 1. The van der Waals surface area contributed by atoms with Gasteiger partial charge in [0.15, 0.2) is 0 Å². The van der Waals surface area contributed by atoms with Gasteiger partial charge in [-0.05, 0) is 60.9 Å². The first-order valence-electron chi connectivity index (χ1n) is 12.5. The minimum absolute atomic E-state index is 0.0313. The molecule has 8 nitrogen and oxygen atoms in total. The largest absolute Gasteiger partial charge is 0.495 e. The number of benzene rings is 3. The number of ether oxygens (including phenoxy) is 1. The molecule has 0 atom stereocenters. The summed E-state index contributed by atoms with van der Waals surface area (Å²) < 4.78 is 33.9. The predicted molar refractivity (Wildman–Crippen MR) is 155 cm³/mol. The van der Waals surface area contributed by atoms with Crippen molar-refractivity contribution in [2.24, 2.45) is 0 Å². The maximum atomic E-state index is 13.7. The van der Waals surface area contributed by atoms with Crippen LogP contribution in [-0.2, 0) is 21.4 Å². The number of halogens is 1. The fourth-order valence-corrected chi connectivity index (χ4v) is 5.96. The Morgan fingerprint density at radius 2 is 1.82 bits per heavy atom. The maximum Gasteiger partial charge on any atom is 0.247 e. The van der Waals surface area contributed by atoms with Crippen molar-refractivity contribution in [2.45, 2.75) is 24.8 Å². The van der Waals surface area contributed by atoms with E-state index in [2.05, 4.69) is 15.6 Å². The molecule has 0 bridgehead atoms. The third kappa shape index (κ3) is 7.26. The summed E-state index contributed by atoms with van der Waals surface area (Å²) in [6, 6.07) is 21.6. The fourth-order valence-electron chi connectivity index (χ4n) is 4.17. The van der Waals surface area contributed by atoms with Crippen LogP contribution in [0.25, 0.3) is 10.9 Å². The van der Waals surface area contributed by atoms with E-state index in [9.17, 15) is 13.2 Å². The predicted octanol–water partition coefficient (Wildman–Crippen LogP) is 5.01. The standard InChI is InChI=1S/C29H31ClN4O4S/c1-21-9-12-27(38-2)28(17-21)39(36,37)34(19-22-7-4-3-5-8-22)20-29(35)33-15-6-14-31-25-13-16-32-26-18-23(30)10-11-24(25)26/h3-5,7-13,16-18H,6,14-15,19-20H2,1-2H3,(H,31,32)(H,33,35). The quantitative estimate of drug-likeness (QED) is 0.234. The van der Waals surface area contributed by atoms with Gasteiger partial charge in [-0.2, -0.15) is 4.31 Å². The van der Waals surface area contributed by atoms with Gasteiger partial charge in [-0.3, -0.25) is 9.78 Å². The summed E-state index contributed by atoms with van der Waals surface area (Å²) in [5.41, 5.74) is 3.27. The minimum Gasteiger partial charge on any atom is -0.495 e. The normalized spacial score (nSPS) is 11.5. The first-order chi connectivity index (χ1) is 18.8. The number of nitrogens with one attached hydrogen (secondary N) is 2. The van der Waals surface area contributed by atoms with Crippen LogP contribution in [0.15, 0.2) is 83.9 Å². The van der Waals surface area contributed by atoms with Crippen molar-refractivity contribution in [1.29, 1.82) is 0 Å². The first-order valence-corrected chi connectivity index (χ1v) is 14.3. The van der Waals surface area contributed by atoms with Gasteiger partial charge in [0.25, 0.3) is 0 Å². The zero-order valence-corrected chi connectivity index (χ0v) is 23.4. The number of hydrogen-bond donors (Lipinski definition) is 2. The van der Waals surface area contributed by atoms with Crippen molar-refractivity contribution in [3.05, 3.63) is 95.1 Å². The molecule has 2 N–H and O–H groups in total. The number of nitrogens with zero attached hydrogens (tertiary/aromatic N) is 2. The fraction of sp³-hybridized carbons (Fsp3) is 0.241. The minimum atomic E-state index is -4.03. The number of aromatic nitrogens is 1. The van der Waals surface area contributed by atoms with Gasteiger partial charge in [0.2, 0.25) is 15.9 Å². The van der Waals surface area contributed by atoms with Gasteiger partial charge in [-0.1, -0.05) is 48.0 Å². The summed E-state index contributed by atoms with van der Waals surface area (Å²) in [5.74, 6) is -0.152. The van der Waals surface area contributed by atoms with Gasteiger partial charge in [-0.15, -0.1) is 0 Å². The molecular formula is C29H31ClN4O4S. The van der Waals surface area contributed by atoms with Crippen LogP contribution in [0.2, 0.25) is 5.02 Å². The zero-order valence-electron chi connectivity index (χ0n) is 21.9. The molecule has 0 spiro atoms. The van der Waals surface area contributed by atoms with Crippen LogP contribution in [0.3, 0.4) is 0 Å². The molecule has 4 rings (SSSR count). The van der Waals surface area contributed by atoms with Crippen molar-refractivity contribution in [3.63, 3.8) is 0 Å². The lowest BCUT2D eigenvalue weighted by Gasteiger charge is -2.23. The van der Waals surface area contributed by atoms with Crippen molar-refractivity contribution in [3.8, 4) is 5.75 Å².